The molecule has 2 rings (SSSR count). The Kier molecular flexibility index (Phi) is 4.12. The second kappa shape index (κ2) is 5.71. The number of ether oxygens (including phenoxy) is 1. The first-order chi connectivity index (χ1) is 10.2. The van der Waals surface area contributed by atoms with E-state index in [4.69, 9.17) is 10.6 Å². The van der Waals surface area contributed by atoms with Crippen LogP contribution in [0.15, 0.2) is 28.3 Å². The number of alkyl halides is 3. The van der Waals surface area contributed by atoms with Crippen LogP contribution in [-0.4, -0.2) is 26.9 Å². The van der Waals surface area contributed by atoms with Crippen molar-refractivity contribution >= 4 is 17.4 Å². The lowest BCUT2D eigenvalue weighted by atomic mass is 10.3. The van der Waals surface area contributed by atoms with Gasteiger partial charge in [-0.1, -0.05) is 0 Å². The third-order valence-electron chi connectivity index (χ3n) is 2.48. The van der Waals surface area contributed by atoms with E-state index in [0.29, 0.717) is 9.57 Å². The topological polar surface area (TPSA) is 109 Å². The number of aromatic nitrogens is 3. The van der Waals surface area contributed by atoms with Gasteiger partial charge < -0.3 is 10.6 Å². The quantitative estimate of drug-likeness (QED) is 0.517. The fourth-order valence-corrected chi connectivity index (χ4v) is 2.33. The number of nitrogens with two attached hydrogens (primary N) is 1. The molecule has 0 aliphatic heterocycles. The summed E-state index contributed by atoms with van der Waals surface area (Å²) in [4.78, 5) is 10.4. The number of hydrogen-bond donors (Lipinski definition) is 1. The van der Waals surface area contributed by atoms with Crippen LogP contribution < -0.4 is 10.6 Å². The van der Waals surface area contributed by atoms with Gasteiger partial charge in [-0.2, -0.15) is 13.2 Å². The maximum absolute atomic E-state index is 12.6. The standard InChI is InChI=1S/C10H8F3N5O3S/c1-21-6-4-5(18(19)20)2-3-7(6)22-9-16-15-8(17(9)14)10(11,12)13/h2-4H,14H2,1H3. The number of nitrogen functional groups attached to an aromatic ring is 1. The Morgan fingerprint density at radius 2 is 2.09 bits per heavy atom. The third-order valence-corrected chi connectivity index (χ3v) is 3.50. The van der Waals surface area contributed by atoms with Crippen LogP contribution in [0.25, 0.3) is 0 Å². The summed E-state index contributed by atoms with van der Waals surface area (Å²) in [6.07, 6.45) is -4.74. The number of hydrogen-bond acceptors (Lipinski definition) is 7. The van der Waals surface area contributed by atoms with E-state index >= 15 is 0 Å². The maximum Gasteiger partial charge on any atom is 0.453 e. The Morgan fingerprint density at radius 1 is 1.41 bits per heavy atom. The number of nitro groups is 1. The summed E-state index contributed by atoms with van der Waals surface area (Å²) in [5, 5.41) is 16.8. The largest absolute Gasteiger partial charge is 0.495 e. The van der Waals surface area contributed by atoms with Crippen molar-refractivity contribution in [1.82, 2.24) is 14.9 Å². The monoisotopic (exact) mass is 335 g/mol. The molecule has 2 aromatic rings. The smallest absolute Gasteiger partial charge is 0.453 e. The summed E-state index contributed by atoms with van der Waals surface area (Å²) < 4.78 is 43.0. The summed E-state index contributed by atoms with van der Waals surface area (Å²) in [6, 6.07) is 3.65. The van der Waals surface area contributed by atoms with Gasteiger partial charge in [0.2, 0.25) is 5.16 Å². The van der Waals surface area contributed by atoms with E-state index in [9.17, 15) is 23.3 Å². The highest BCUT2D eigenvalue weighted by Gasteiger charge is 2.38. The van der Waals surface area contributed by atoms with E-state index in [1.165, 1.54) is 19.2 Å². The molecule has 0 aliphatic carbocycles. The minimum Gasteiger partial charge on any atom is -0.495 e. The molecule has 0 aliphatic rings. The Bertz CT molecular complexity index is 718. The average Bonchev–Trinajstić information content (AvgIpc) is 2.80. The highest BCUT2D eigenvalue weighted by atomic mass is 32.2. The SMILES string of the molecule is COc1cc([N+](=O)[O-])ccc1Sc1nnc(C(F)(F)F)n1N. The minimum atomic E-state index is -4.74. The third kappa shape index (κ3) is 3.05. The molecule has 1 heterocycles. The molecule has 2 N–H and O–H groups in total. The molecule has 0 spiro atoms. The second-order valence-electron chi connectivity index (χ2n) is 3.87. The predicted octanol–water partition coefficient (Wildman–Crippen LogP) is 2.08. The lowest BCUT2D eigenvalue weighted by Gasteiger charge is -2.08. The van der Waals surface area contributed by atoms with E-state index in [-0.39, 0.29) is 16.6 Å². The molecule has 0 saturated heterocycles. The van der Waals surface area contributed by atoms with E-state index < -0.39 is 16.9 Å². The number of nitro benzene ring substituents is 1. The zero-order chi connectivity index (χ0) is 16.5. The van der Waals surface area contributed by atoms with Crippen molar-refractivity contribution in [2.24, 2.45) is 0 Å². The number of halogens is 3. The zero-order valence-corrected chi connectivity index (χ0v) is 11.7. The van der Waals surface area contributed by atoms with Crippen LogP contribution in [0, 0.1) is 10.1 Å². The van der Waals surface area contributed by atoms with Crippen molar-refractivity contribution in [1.29, 1.82) is 0 Å². The van der Waals surface area contributed by atoms with E-state index in [1.54, 1.807) is 0 Å². The first-order valence-electron chi connectivity index (χ1n) is 5.52. The van der Waals surface area contributed by atoms with Gasteiger partial charge in [-0.3, -0.25) is 10.1 Å². The van der Waals surface area contributed by atoms with Crippen molar-refractivity contribution in [3.05, 3.63) is 34.1 Å². The fourth-order valence-electron chi connectivity index (χ4n) is 1.49. The van der Waals surface area contributed by atoms with Crippen LogP contribution >= 0.6 is 11.8 Å². The van der Waals surface area contributed by atoms with Gasteiger partial charge in [0.25, 0.3) is 11.5 Å². The molecule has 0 radical (unpaired) electrons. The number of benzene rings is 1. The number of methoxy groups -OCH3 is 1. The van der Waals surface area contributed by atoms with Crippen LogP contribution in [-0.2, 0) is 6.18 Å². The fraction of sp³-hybridized carbons (Fsp3) is 0.200. The molecule has 0 saturated carbocycles. The number of non-ortho nitro benzene ring substituents is 1. The predicted molar refractivity (Wildman–Crippen MR) is 68.9 cm³/mol. The zero-order valence-electron chi connectivity index (χ0n) is 10.9. The molecule has 0 fully saturated rings. The summed E-state index contributed by atoms with van der Waals surface area (Å²) in [5.74, 6) is 4.06. The highest BCUT2D eigenvalue weighted by Crippen LogP contribution is 2.37. The highest BCUT2D eigenvalue weighted by molar-refractivity contribution is 7.99. The van der Waals surface area contributed by atoms with Crippen molar-refractivity contribution in [2.75, 3.05) is 13.0 Å². The number of rotatable bonds is 4. The lowest BCUT2D eigenvalue weighted by Crippen LogP contribution is -2.21. The van der Waals surface area contributed by atoms with Crippen LogP contribution in [0.1, 0.15) is 5.82 Å². The maximum atomic E-state index is 12.6. The summed E-state index contributed by atoms with van der Waals surface area (Å²) in [6.45, 7) is 0. The van der Waals surface area contributed by atoms with E-state index in [2.05, 4.69) is 10.2 Å². The van der Waals surface area contributed by atoms with Crippen molar-refractivity contribution in [3.8, 4) is 5.75 Å². The van der Waals surface area contributed by atoms with Gasteiger partial charge in [0.05, 0.1) is 23.0 Å². The Hall–Kier alpha value is -2.50. The van der Waals surface area contributed by atoms with Crippen LogP contribution in [0.4, 0.5) is 18.9 Å². The Morgan fingerprint density at radius 3 is 2.59 bits per heavy atom. The molecular weight excluding hydrogens is 327 g/mol. The van der Waals surface area contributed by atoms with Gasteiger partial charge in [-0.15, -0.1) is 10.2 Å². The normalized spacial score (nSPS) is 11.5. The van der Waals surface area contributed by atoms with Crippen molar-refractivity contribution in [3.63, 3.8) is 0 Å². The molecule has 0 atom stereocenters. The van der Waals surface area contributed by atoms with E-state index in [1.807, 2.05) is 0 Å². The average molecular weight is 335 g/mol. The van der Waals surface area contributed by atoms with Crippen LogP contribution in [0.2, 0.25) is 0 Å². The summed E-state index contributed by atoms with van der Waals surface area (Å²) >= 11 is 0.740. The van der Waals surface area contributed by atoms with Gasteiger partial charge in [0.1, 0.15) is 5.75 Å². The van der Waals surface area contributed by atoms with Gasteiger partial charge in [0.15, 0.2) is 0 Å². The molecule has 8 nitrogen and oxygen atoms in total. The van der Waals surface area contributed by atoms with Crippen LogP contribution in [0.3, 0.4) is 0 Å². The lowest BCUT2D eigenvalue weighted by molar-refractivity contribution is -0.385. The van der Waals surface area contributed by atoms with E-state index in [0.717, 1.165) is 17.8 Å². The number of nitrogens with zero attached hydrogens (tertiary/aromatic N) is 4. The Balaban J connectivity index is 2.36. The van der Waals surface area contributed by atoms with Gasteiger partial charge in [-0.05, 0) is 17.8 Å². The minimum absolute atomic E-state index is 0.107. The van der Waals surface area contributed by atoms with Gasteiger partial charge >= 0.3 is 6.18 Å². The molecule has 0 bridgehead atoms. The first kappa shape index (κ1) is 15.9. The van der Waals surface area contributed by atoms with Crippen molar-refractivity contribution < 1.29 is 22.8 Å². The summed E-state index contributed by atoms with van der Waals surface area (Å²) in [7, 11) is 1.28. The second-order valence-corrected chi connectivity index (χ2v) is 4.88. The molecule has 12 heteroatoms. The molecule has 1 aromatic heterocycles. The van der Waals surface area contributed by atoms with Crippen LogP contribution in [0.5, 0.6) is 5.75 Å². The molecule has 22 heavy (non-hydrogen) atoms. The summed E-state index contributed by atoms with van der Waals surface area (Å²) in [5.41, 5.74) is -0.216. The van der Waals surface area contributed by atoms with Gasteiger partial charge in [0, 0.05) is 6.07 Å². The Labute approximate surface area is 125 Å². The molecule has 0 unspecified atom stereocenters. The molecule has 0 amide bonds. The molecular formula is C10H8F3N5O3S. The van der Waals surface area contributed by atoms with Gasteiger partial charge in [-0.25, -0.2) is 4.68 Å². The molecule has 1 aromatic carbocycles. The van der Waals surface area contributed by atoms with Crippen molar-refractivity contribution in [2.45, 2.75) is 16.2 Å². The first-order valence-corrected chi connectivity index (χ1v) is 6.33. The molecule has 118 valence electrons.